The maximum Gasteiger partial charge on any atom is 0.335 e. The highest BCUT2D eigenvalue weighted by Gasteiger charge is 2.10. The molecule has 7 heteroatoms. The summed E-state index contributed by atoms with van der Waals surface area (Å²) < 4.78 is 13.5. The van der Waals surface area contributed by atoms with Gasteiger partial charge in [0.1, 0.15) is 17.5 Å². The average molecular weight is 339 g/mol. The van der Waals surface area contributed by atoms with Crippen LogP contribution in [0.1, 0.15) is 15.9 Å². The van der Waals surface area contributed by atoms with E-state index in [9.17, 15) is 14.0 Å². The predicted molar refractivity (Wildman–Crippen MR) is 89.0 cm³/mol. The highest BCUT2D eigenvalue weighted by molar-refractivity contribution is 6.06. The van der Waals surface area contributed by atoms with Crippen LogP contribution in [0.3, 0.4) is 0 Å². The van der Waals surface area contributed by atoms with E-state index in [1.54, 1.807) is 24.3 Å². The largest absolute Gasteiger partial charge is 0.478 e. The van der Waals surface area contributed by atoms with Gasteiger partial charge in [-0.15, -0.1) is 0 Å². The standard InChI is InChI=1S/C18H14FN3O3/c19-16-4-2-1-3-13(16)10-21-11-14(9-20)17(23)22-15-7-5-12(6-8-15)18(24)25/h1-8,11,21H,10H2,(H,22,23)(H,24,25)/b14-11-. The van der Waals surface area contributed by atoms with Crippen molar-refractivity contribution in [2.75, 3.05) is 5.32 Å². The van der Waals surface area contributed by atoms with E-state index in [4.69, 9.17) is 10.4 Å². The van der Waals surface area contributed by atoms with Gasteiger partial charge < -0.3 is 15.7 Å². The summed E-state index contributed by atoms with van der Waals surface area (Å²) in [4.78, 5) is 22.8. The lowest BCUT2D eigenvalue weighted by atomic mass is 10.2. The summed E-state index contributed by atoms with van der Waals surface area (Å²) in [6.07, 6.45) is 1.20. The molecule has 0 bridgehead atoms. The molecule has 0 heterocycles. The van der Waals surface area contributed by atoms with Crippen molar-refractivity contribution in [1.29, 1.82) is 5.26 Å². The SMILES string of the molecule is N#C/C(=C/NCc1ccccc1F)C(=O)Nc1ccc(C(=O)O)cc1. The van der Waals surface area contributed by atoms with E-state index in [0.717, 1.165) is 0 Å². The fourth-order valence-electron chi connectivity index (χ4n) is 1.95. The molecule has 126 valence electrons. The molecule has 0 aliphatic heterocycles. The number of carboxylic acid groups (broad SMARTS) is 1. The van der Waals surface area contributed by atoms with Crippen molar-refractivity contribution in [2.45, 2.75) is 6.54 Å². The van der Waals surface area contributed by atoms with Gasteiger partial charge in [0.15, 0.2) is 0 Å². The summed E-state index contributed by atoms with van der Waals surface area (Å²) in [6.45, 7) is 0.123. The second-order valence-corrected chi connectivity index (χ2v) is 4.98. The summed E-state index contributed by atoms with van der Waals surface area (Å²) in [5.74, 6) is -2.12. The molecular weight excluding hydrogens is 325 g/mol. The molecule has 0 saturated heterocycles. The molecule has 0 aliphatic carbocycles. The molecule has 25 heavy (non-hydrogen) atoms. The Morgan fingerprint density at radius 3 is 2.44 bits per heavy atom. The molecule has 0 fully saturated rings. The number of nitriles is 1. The number of halogens is 1. The zero-order valence-corrected chi connectivity index (χ0v) is 13.0. The minimum Gasteiger partial charge on any atom is -0.478 e. The molecule has 0 unspecified atom stereocenters. The first-order valence-corrected chi connectivity index (χ1v) is 7.23. The van der Waals surface area contributed by atoms with E-state index in [1.165, 1.54) is 36.5 Å². The normalized spacial score (nSPS) is 10.6. The van der Waals surface area contributed by atoms with E-state index in [-0.39, 0.29) is 23.5 Å². The Labute approximate surface area is 143 Å². The van der Waals surface area contributed by atoms with Gasteiger partial charge in [0.2, 0.25) is 0 Å². The molecule has 0 atom stereocenters. The molecule has 1 amide bonds. The summed E-state index contributed by atoms with van der Waals surface area (Å²) >= 11 is 0. The lowest BCUT2D eigenvalue weighted by Gasteiger charge is -2.06. The van der Waals surface area contributed by atoms with Crippen LogP contribution < -0.4 is 10.6 Å². The van der Waals surface area contributed by atoms with E-state index in [0.29, 0.717) is 11.3 Å². The molecule has 0 aromatic heterocycles. The highest BCUT2D eigenvalue weighted by Crippen LogP contribution is 2.11. The fourth-order valence-corrected chi connectivity index (χ4v) is 1.95. The summed E-state index contributed by atoms with van der Waals surface area (Å²) in [5, 5.41) is 23.1. The van der Waals surface area contributed by atoms with Crippen LogP contribution in [-0.4, -0.2) is 17.0 Å². The number of carboxylic acids is 1. The van der Waals surface area contributed by atoms with Crippen molar-refractivity contribution in [3.05, 3.63) is 77.2 Å². The summed E-state index contributed by atoms with van der Waals surface area (Å²) in [6, 6.07) is 13.4. The number of carbonyl (C=O) groups is 2. The molecule has 6 nitrogen and oxygen atoms in total. The van der Waals surface area contributed by atoms with Crippen molar-refractivity contribution < 1.29 is 19.1 Å². The van der Waals surface area contributed by atoms with Crippen LogP contribution in [0.4, 0.5) is 10.1 Å². The summed E-state index contributed by atoms with van der Waals surface area (Å²) in [7, 11) is 0. The Bertz CT molecular complexity index is 855. The topological polar surface area (TPSA) is 102 Å². The quantitative estimate of drug-likeness (QED) is 0.555. The minimum absolute atomic E-state index is 0.0839. The molecule has 2 aromatic rings. The molecule has 0 saturated carbocycles. The average Bonchev–Trinajstić information content (AvgIpc) is 2.60. The first-order chi connectivity index (χ1) is 12.0. The lowest BCUT2D eigenvalue weighted by molar-refractivity contribution is -0.112. The molecule has 2 rings (SSSR count). The second kappa shape index (κ2) is 8.26. The summed E-state index contributed by atoms with van der Waals surface area (Å²) in [5.41, 5.74) is 0.644. The van der Waals surface area contributed by atoms with Crippen molar-refractivity contribution in [1.82, 2.24) is 5.32 Å². The fraction of sp³-hybridized carbons (Fsp3) is 0.0556. The van der Waals surface area contributed by atoms with Gasteiger partial charge >= 0.3 is 5.97 Å². The van der Waals surface area contributed by atoms with Gasteiger partial charge in [-0.05, 0) is 30.3 Å². The van der Waals surface area contributed by atoms with Crippen molar-refractivity contribution >= 4 is 17.6 Å². The number of hydrogen-bond acceptors (Lipinski definition) is 4. The zero-order chi connectivity index (χ0) is 18.2. The number of aromatic carboxylic acids is 1. The van der Waals surface area contributed by atoms with Crippen LogP contribution in [0.5, 0.6) is 0 Å². The number of hydrogen-bond donors (Lipinski definition) is 3. The van der Waals surface area contributed by atoms with E-state index in [2.05, 4.69) is 10.6 Å². The number of benzene rings is 2. The molecule has 0 aliphatic rings. The van der Waals surface area contributed by atoms with Gasteiger partial charge in [-0.1, -0.05) is 18.2 Å². The van der Waals surface area contributed by atoms with Gasteiger partial charge in [-0.2, -0.15) is 5.26 Å². The number of nitrogens with one attached hydrogen (secondary N) is 2. The van der Waals surface area contributed by atoms with Crippen LogP contribution in [0.2, 0.25) is 0 Å². The van der Waals surface area contributed by atoms with Crippen LogP contribution in [0, 0.1) is 17.1 Å². The monoisotopic (exact) mass is 339 g/mol. The molecular formula is C18H14FN3O3. The number of nitrogens with zero attached hydrogens (tertiary/aromatic N) is 1. The van der Waals surface area contributed by atoms with Crippen LogP contribution in [0.15, 0.2) is 60.3 Å². The minimum atomic E-state index is -1.08. The Hall–Kier alpha value is -3.66. The Kier molecular flexibility index (Phi) is 5.85. The molecule has 2 aromatic carbocycles. The van der Waals surface area contributed by atoms with Gasteiger partial charge in [-0.3, -0.25) is 4.79 Å². The predicted octanol–water partition coefficient (Wildman–Crippen LogP) is 2.66. The van der Waals surface area contributed by atoms with Crippen molar-refractivity contribution in [2.24, 2.45) is 0 Å². The Morgan fingerprint density at radius 2 is 1.84 bits per heavy atom. The Balaban J connectivity index is 1.99. The van der Waals surface area contributed by atoms with E-state index in [1.807, 2.05) is 0 Å². The third-order valence-corrected chi connectivity index (χ3v) is 3.25. The maximum absolute atomic E-state index is 13.5. The smallest absolute Gasteiger partial charge is 0.335 e. The van der Waals surface area contributed by atoms with Gasteiger partial charge in [0, 0.05) is 24.0 Å². The molecule has 0 radical (unpaired) electrons. The second-order valence-electron chi connectivity index (χ2n) is 4.98. The van der Waals surface area contributed by atoms with Gasteiger partial charge in [0.05, 0.1) is 5.56 Å². The Morgan fingerprint density at radius 1 is 1.16 bits per heavy atom. The van der Waals surface area contributed by atoms with Crippen molar-refractivity contribution in [3.8, 4) is 6.07 Å². The van der Waals surface area contributed by atoms with Crippen LogP contribution in [-0.2, 0) is 11.3 Å². The first kappa shape index (κ1) is 17.7. The maximum atomic E-state index is 13.5. The first-order valence-electron chi connectivity index (χ1n) is 7.23. The van der Waals surface area contributed by atoms with Crippen molar-refractivity contribution in [3.63, 3.8) is 0 Å². The third-order valence-electron chi connectivity index (χ3n) is 3.25. The van der Waals surface area contributed by atoms with Gasteiger partial charge in [0.25, 0.3) is 5.91 Å². The van der Waals surface area contributed by atoms with Crippen LogP contribution in [0.25, 0.3) is 0 Å². The molecule has 0 spiro atoms. The highest BCUT2D eigenvalue weighted by atomic mass is 19.1. The third kappa shape index (κ3) is 4.91. The van der Waals surface area contributed by atoms with Crippen LogP contribution >= 0.6 is 0 Å². The molecule has 3 N–H and O–H groups in total. The van der Waals surface area contributed by atoms with Gasteiger partial charge in [-0.25, -0.2) is 9.18 Å². The number of carbonyl (C=O) groups excluding carboxylic acids is 1. The zero-order valence-electron chi connectivity index (χ0n) is 13.0. The number of anilines is 1. The number of amides is 1. The number of rotatable bonds is 6. The van der Waals surface area contributed by atoms with E-state index >= 15 is 0 Å². The lowest BCUT2D eigenvalue weighted by Crippen LogP contribution is -2.17. The van der Waals surface area contributed by atoms with E-state index < -0.39 is 11.9 Å².